The molecule has 184 valence electrons. The van der Waals surface area contributed by atoms with Gasteiger partial charge in [0.2, 0.25) is 5.91 Å². The lowest BCUT2D eigenvalue weighted by molar-refractivity contribution is -0.113. The number of nitrogens with one attached hydrogen (secondary N) is 2. The van der Waals surface area contributed by atoms with E-state index >= 15 is 0 Å². The number of carbonyl (C=O) groups is 2. The van der Waals surface area contributed by atoms with E-state index in [1.165, 1.54) is 11.8 Å². The zero-order valence-electron chi connectivity index (χ0n) is 20.2. The maximum atomic E-state index is 12.7. The Morgan fingerprint density at radius 3 is 2.54 bits per heavy atom. The summed E-state index contributed by atoms with van der Waals surface area (Å²) < 4.78 is 12.3. The van der Waals surface area contributed by atoms with Gasteiger partial charge in [-0.05, 0) is 55.8 Å². The predicted octanol–water partition coefficient (Wildman–Crippen LogP) is 4.01. The maximum absolute atomic E-state index is 12.7. The SMILES string of the molecule is C=CCn1c(SCC(=O)Nc2cc(C)ccc2OC)nnc1[C@H](C)NC(=O)c1ccc(OC)cc1. The molecule has 0 aliphatic carbocycles. The van der Waals surface area contributed by atoms with Gasteiger partial charge in [0.1, 0.15) is 11.5 Å². The molecular formula is C25H29N5O4S. The second kappa shape index (κ2) is 12.1. The molecule has 1 aromatic heterocycles. The first-order valence-electron chi connectivity index (χ1n) is 10.9. The van der Waals surface area contributed by atoms with Crippen molar-refractivity contribution in [3.8, 4) is 11.5 Å². The predicted molar refractivity (Wildman–Crippen MR) is 136 cm³/mol. The monoisotopic (exact) mass is 495 g/mol. The minimum absolute atomic E-state index is 0.124. The standard InChI is InChI=1S/C25H29N5O4S/c1-6-13-30-23(17(3)26-24(32)18-8-10-19(33-4)11-9-18)28-29-25(30)35-15-22(31)27-20-14-16(2)7-12-21(20)34-5/h6-12,14,17H,1,13,15H2,2-5H3,(H,26,32)(H,27,31)/t17-/m0/s1. The van der Waals surface area contributed by atoms with Gasteiger partial charge in [-0.25, -0.2) is 0 Å². The number of nitrogens with zero attached hydrogens (tertiary/aromatic N) is 3. The van der Waals surface area contributed by atoms with Crippen molar-refractivity contribution in [1.82, 2.24) is 20.1 Å². The van der Waals surface area contributed by atoms with Crippen LogP contribution < -0.4 is 20.1 Å². The Balaban J connectivity index is 1.67. The summed E-state index contributed by atoms with van der Waals surface area (Å²) in [5, 5.41) is 14.9. The number of carbonyl (C=O) groups excluding carboxylic acids is 2. The van der Waals surface area contributed by atoms with Crippen LogP contribution in [-0.4, -0.2) is 46.6 Å². The lowest BCUT2D eigenvalue weighted by Crippen LogP contribution is -2.28. The zero-order valence-corrected chi connectivity index (χ0v) is 21.0. The van der Waals surface area contributed by atoms with Gasteiger partial charge in [-0.2, -0.15) is 0 Å². The van der Waals surface area contributed by atoms with Gasteiger partial charge in [-0.1, -0.05) is 23.9 Å². The molecule has 1 atom stereocenters. The third kappa shape index (κ3) is 6.63. The number of amides is 2. The minimum atomic E-state index is -0.420. The largest absolute Gasteiger partial charge is 0.497 e. The molecular weight excluding hydrogens is 466 g/mol. The van der Waals surface area contributed by atoms with Crippen LogP contribution >= 0.6 is 11.8 Å². The molecule has 0 unspecified atom stereocenters. The fourth-order valence-corrected chi connectivity index (χ4v) is 4.11. The molecule has 0 aliphatic heterocycles. The van der Waals surface area contributed by atoms with Crippen LogP contribution in [0, 0.1) is 6.92 Å². The molecule has 2 amide bonds. The lowest BCUT2D eigenvalue weighted by Gasteiger charge is -2.15. The molecule has 1 heterocycles. The number of allylic oxidation sites excluding steroid dienone is 1. The Labute approximate surface area is 208 Å². The molecule has 2 N–H and O–H groups in total. The summed E-state index contributed by atoms with van der Waals surface area (Å²) in [4.78, 5) is 25.3. The number of aryl methyl sites for hydroxylation is 1. The summed E-state index contributed by atoms with van der Waals surface area (Å²) in [6, 6.07) is 12.0. The number of anilines is 1. The fraction of sp³-hybridized carbons (Fsp3) is 0.280. The average Bonchev–Trinajstić information content (AvgIpc) is 3.25. The molecule has 3 aromatic rings. The molecule has 3 rings (SSSR count). The van der Waals surface area contributed by atoms with Crippen LogP contribution in [0.2, 0.25) is 0 Å². The molecule has 0 spiro atoms. The first-order chi connectivity index (χ1) is 16.9. The second-order valence-electron chi connectivity index (χ2n) is 7.70. The van der Waals surface area contributed by atoms with Crippen molar-refractivity contribution < 1.29 is 19.1 Å². The third-order valence-electron chi connectivity index (χ3n) is 5.11. The second-order valence-corrected chi connectivity index (χ2v) is 8.65. The highest BCUT2D eigenvalue weighted by Crippen LogP contribution is 2.26. The Kier molecular flexibility index (Phi) is 8.91. The van der Waals surface area contributed by atoms with Crippen LogP contribution in [0.15, 0.2) is 60.3 Å². The van der Waals surface area contributed by atoms with Crippen LogP contribution in [0.5, 0.6) is 11.5 Å². The molecule has 2 aromatic carbocycles. The Morgan fingerprint density at radius 2 is 1.89 bits per heavy atom. The molecule has 0 saturated heterocycles. The van der Waals surface area contributed by atoms with Gasteiger partial charge in [0.15, 0.2) is 11.0 Å². The molecule has 35 heavy (non-hydrogen) atoms. The van der Waals surface area contributed by atoms with Crippen LogP contribution in [0.25, 0.3) is 0 Å². The van der Waals surface area contributed by atoms with Gasteiger partial charge in [0, 0.05) is 12.1 Å². The Hall–Kier alpha value is -3.79. The molecule has 0 aliphatic rings. The number of hydrogen-bond donors (Lipinski definition) is 2. The van der Waals surface area contributed by atoms with Crippen molar-refractivity contribution >= 4 is 29.3 Å². The van der Waals surface area contributed by atoms with Crippen molar-refractivity contribution in [2.45, 2.75) is 31.6 Å². The van der Waals surface area contributed by atoms with E-state index in [9.17, 15) is 9.59 Å². The van der Waals surface area contributed by atoms with Crippen molar-refractivity contribution in [1.29, 1.82) is 0 Å². The molecule has 0 saturated carbocycles. The lowest BCUT2D eigenvalue weighted by atomic mass is 10.2. The topological polar surface area (TPSA) is 107 Å². The van der Waals surface area contributed by atoms with Crippen molar-refractivity contribution in [2.24, 2.45) is 0 Å². The quantitative estimate of drug-likeness (QED) is 0.306. The first kappa shape index (κ1) is 25.8. The zero-order chi connectivity index (χ0) is 25.4. The number of benzene rings is 2. The smallest absolute Gasteiger partial charge is 0.251 e. The van der Waals surface area contributed by atoms with E-state index in [-0.39, 0.29) is 17.6 Å². The molecule has 9 nitrogen and oxygen atoms in total. The van der Waals surface area contributed by atoms with Crippen LogP contribution in [0.1, 0.15) is 34.7 Å². The summed E-state index contributed by atoms with van der Waals surface area (Å²) in [6.07, 6.45) is 1.71. The number of methoxy groups -OCH3 is 2. The summed E-state index contributed by atoms with van der Waals surface area (Å²) in [6.45, 7) is 8.01. The summed E-state index contributed by atoms with van der Waals surface area (Å²) >= 11 is 1.25. The molecule has 0 bridgehead atoms. The van der Waals surface area contributed by atoms with E-state index < -0.39 is 6.04 Å². The molecule has 0 radical (unpaired) electrons. The van der Waals surface area contributed by atoms with E-state index in [4.69, 9.17) is 9.47 Å². The highest BCUT2D eigenvalue weighted by atomic mass is 32.2. The summed E-state index contributed by atoms with van der Waals surface area (Å²) in [7, 11) is 3.13. The number of thioether (sulfide) groups is 1. The highest BCUT2D eigenvalue weighted by Gasteiger charge is 2.21. The first-order valence-corrected chi connectivity index (χ1v) is 11.9. The van der Waals surface area contributed by atoms with Crippen molar-refractivity contribution in [2.75, 3.05) is 25.3 Å². The summed E-state index contributed by atoms with van der Waals surface area (Å²) in [5.74, 6) is 1.51. The van der Waals surface area contributed by atoms with E-state index in [0.717, 1.165) is 5.56 Å². The van der Waals surface area contributed by atoms with Gasteiger partial charge in [-0.3, -0.25) is 9.59 Å². The number of aromatic nitrogens is 3. The van der Waals surface area contributed by atoms with Crippen molar-refractivity contribution in [3.63, 3.8) is 0 Å². The van der Waals surface area contributed by atoms with Gasteiger partial charge >= 0.3 is 0 Å². The van der Waals surface area contributed by atoms with Gasteiger partial charge in [0.25, 0.3) is 5.91 Å². The maximum Gasteiger partial charge on any atom is 0.251 e. The summed E-state index contributed by atoms with van der Waals surface area (Å²) in [5.41, 5.74) is 2.13. The van der Waals surface area contributed by atoms with Gasteiger partial charge in [-0.15, -0.1) is 16.8 Å². The molecule has 0 fully saturated rings. The van der Waals surface area contributed by atoms with Crippen LogP contribution in [0.4, 0.5) is 5.69 Å². The van der Waals surface area contributed by atoms with E-state index in [1.54, 1.807) is 44.6 Å². The normalized spacial score (nSPS) is 11.4. The Bertz CT molecular complexity index is 1190. The molecule has 10 heteroatoms. The third-order valence-corrected chi connectivity index (χ3v) is 6.07. The van der Waals surface area contributed by atoms with Gasteiger partial charge < -0.3 is 24.7 Å². The number of rotatable bonds is 11. The highest BCUT2D eigenvalue weighted by molar-refractivity contribution is 7.99. The minimum Gasteiger partial charge on any atom is -0.497 e. The van der Waals surface area contributed by atoms with E-state index in [1.807, 2.05) is 36.6 Å². The van der Waals surface area contributed by atoms with Crippen molar-refractivity contribution in [3.05, 3.63) is 72.1 Å². The average molecular weight is 496 g/mol. The van der Waals surface area contributed by atoms with E-state index in [2.05, 4.69) is 27.4 Å². The fourth-order valence-electron chi connectivity index (χ4n) is 3.35. The van der Waals surface area contributed by atoms with Crippen LogP contribution in [0.3, 0.4) is 0 Å². The number of ether oxygens (including phenoxy) is 2. The van der Waals surface area contributed by atoms with Crippen LogP contribution in [-0.2, 0) is 11.3 Å². The van der Waals surface area contributed by atoms with E-state index in [0.29, 0.717) is 40.3 Å². The van der Waals surface area contributed by atoms with Gasteiger partial charge in [0.05, 0.1) is 31.7 Å². The Morgan fingerprint density at radius 1 is 1.14 bits per heavy atom. The number of hydrogen-bond acceptors (Lipinski definition) is 7.